The third-order valence-corrected chi connectivity index (χ3v) is 5.04. The van der Waals surface area contributed by atoms with Crippen LogP contribution in [-0.2, 0) is 9.53 Å². The van der Waals surface area contributed by atoms with Gasteiger partial charge in [0.2, 0.25) is 0 Å². The number of benzene rings is 1. The van der Waals surface area contributed by atoms with E-state index >= 15 is 0 Å². The van der Waals surface area contributed by atoms with Crippen molar-refractivity contribution >= 4 is 46.0 Å². The Hall–Kier alpha value is -1.77. The normalized spacial score (nSPS) is 23.0. The molecule has 0 aliphatic carbocycles. The van der Waals surface area contributed by atoms with Crippen molar-refractivity contribution in [1.29, 1.82) is 0 Å². The van der Waals surface area contributed by atoms with E-state index < -0.39 is 4.92 Å². The van der Waals surface area contributed by atoms with Crippen LogP contribution in [0.5, 0.6) is 0 Å². The van der Waals surface area contributed by atoms with Crippen LogP contribution in [0.15, 0.2) is 29.2 Å². The summed E-state index contributed by atoms with van der Waals surface area (Å²) in [6, 6.07) is 6.17. The first-order chi connectivity index (χ1) is 11.0. The Bertz CT molecular complexity index is 698. The van der Waals surface area contributed by atoms with Crippen LogP contribution in [0.3, 0.4) is 0 Å². The maximum absolute atomic E-state index is 12.5. The highest BCUT2D eigenvalue weighted by molar-refractivity contribution is 8.26. The average molecular weight is 350 g/mol. The summed E-state index contributed by atoms with van der Waals surface area (Å²) < 4.78 is 6.05. The van der Waals surface area contributed by atoms with E-state index in [1.165, 1.54) is 23.9 Å². The summed E-state index contributed by atoms with van der Waals surface area (Å²) in [6.45, 7) is 1.19. The number of nitro benzene ring substituents is 1. The molecular formula is C15H14N2O4S2. The number of ether oxygens (including phenoxy) is 1. The Kier molecular flexibility index (Phi) is 4.74. The molecule has 0 aromatic heterocycles. The van der Waals surface area contributed by atoms with Crippen molar-refractivity contribution in [1.82, 2.24) is 4.90 Å². The summed E-state index contributed by atoms with van der Waals surface area (Å²) in [5.74, 6) is -0.165. The maximum atomic E-state index is 12.5. The summed E-state index contributed by atoms with van der Waals surface area (Å²) in [4.78, 5) is 24.9. The molecule has 2 aliphatic rings. The highest BCUT2D eigenvalue weighted by Gasteiger charge is 2.34. The molecule has 1 aromatic rings. The summed E-state index contributed by atoms with van der Waals surface area (Å²) in [5.41, 5.74) is 0.602. The lowest BCUT2D eigenvalue weighted by atomic mass is 10.2. The van der Waals surface area contributed by atoms with Crippen molar-refractivity contribution < 1.29 is 14.5 Å². The van der Waals surface area contributed by atoms with Gasteiger partial charge in [0.15, 0.2) is 0 Å². The average Bonchev–Trinajstić information content (AvgIpc) is 3.12. The Morgan fingerprint density at radius 1 is 1.52 bits per heavy atom. The fourth-order valence-corrected chi connectivity index (χ4v) is 3.80. The molecule has 6 nitrogen and oxygen atoms in total. The van der Waals surface area contributed by atoms with E-state index in [1.807, 2.05) is 0 Å². The summed E-state index contributed by atoms with van der Waals surface area (Å²) in [7, 11) is 0. The van der Waals surface area contributed by atoms with Gasteiger partial charge in [-0.25, -0.2) is 0 Å². The molecule has 2 aliphatic heterocycles. The smallest absolute Gasteiger partial charge is 0.270 e. The van der Waals surface area contributed by atoms with Crippen LogP contribution in [0.25, 0.3) is 6.08 Å². The first kappa shape index (κ1) is 16.1. The van der Waals surface area contributed by atoms with Gasteiger partial charge in [-0.3, -0.25) is 19.8 Å². The van der Waals surface area contributed by atoms with Gasteiger partial charge < -0.3 is 4.74 Å². The molecule has 0 spiro atoms. The molecule has 1 aromatic carbocycles. The van der Waals surface area contributed by atoms with E-state index in [2.05, 4.69) is 0 Å². The Morgan fingerprint density at radius 3 is 3.04 bits per heavy atom. The molecule has 2 heterocycles. The fraction of sp³-hybridized carbons (Fsp3) is 0.333. The van der Waals surface area contributed by atoms with Gasteiger partial charge in [0.25, 0.3) is 11.6 Å². The van der Waals surface area contributed by atoms with Crippen molar-refractivity contribution in [3.8, 4) is 0 Å². The van der Waals surface area contributed by atoms with Gasteiger partial charge in [-0.1, -0.05) is 36.1 Å². The van der Waals surface area contributed by atoms with Crippen molar-refractivity contribution in [3.05, 3.63) is 44.8 Å². The molecule has 0 bridgehead atoms. The SMILES string of the molecule is O=C1/C(=C/c2cccc([N+](=O)[O-])c2)SC(=S)N1C[C@H]1CCCO1. The molecule has 0 N–H and O–H groups in total. The Labute approximate surface area is 142 Å². The molecule has 23 heavy (non-hydrogen) atoms. The van der Waals surface area contributed by atoms with Crippen LogP contribution in [0.4, 0.5) is 5.69 Å². The van der Waals surface area contributed by atoms with Crippen LogP contribution >= 0.6 is 24.0 Å². The van der Waals surface area contributed by atoms with E-state index in [-0.39, 0.29) is 17.7 Å². The van der Waals surface area contributed by atoms with E-state index in [4.69, 9.17) is 17.0 Å². The zero-order valence-corrected chi connectivity index (χ0v) is 13.8. The quantitative estimate of drug-likeness (QED) is 0.360. The van der Waals surface area contributed by atoms with Crippen LogP contribution in [0.2, 0.25) is 0 Å². The Morgan fingerprint density at radius 2 is 2.35 bits per heavy atom. The number of hydrogen-bond acceptors (Lipinski definition) is 6. The molecule has 120 valence electrons. The van der Waals surface area contributed by atoms with Gasteiger partial charge in [-0.2, -0.15) is 0 Å². The Balaban J connectivity index is 1.78. The van der Waals surface area contributed by atoms with Gasteiger partial charge >= 0.3 is 0 Å². The third-order valence-electron chi connectivity index (χ3n) is 3.66. The molecule has 2 saturated heterocycles. The van der Waals surface area contributed by atoms with E-state index in [0.29, 0.717) is 21.3 Å². The van der Waals surface area contributed by atoms with Gasteiger partial charge in [-0.15, -0.1) is 0 Å². The predicted octanol–water partition coefficient (Wildman–Crippen LogP) is 2.98. The number of non-ortho nitro benzene ring substituents is 1. The van der Waals surface area contributed by atoms with Crippen LogP contribution in [-0.4, -0.2) is 39.3 Å². The maximum Gasteiger partial charge on any atom is 0.270 e. The fourth-order valence-electron chi connectivity index (χ4n) is 2.53. The lowest BCUT2D eigenvalue weighted by Crippen LogP contribution is -2.35. The van der Waals surface area contributed by atoms with Crippen LogP contribution in [0.1, 0.15) is 18.4 Å². The summed E-state index contributed by atoms with van der Waals surface area (Å²) in [5, 5.41) is 10.8. The molecule has 1 amide bonds. The molecule has 8 heteroatoms. The van der Waals surface area contributed by atoms with Crippen molar-refractivity contribution in [3.63, 3.8) is 0 Å². The second-order valence-corrected chi connectivity index (χ2v) is 6.96. The second-order valence-electron chi connectivity index (χ2n) is 5.28. The molecular weight excluding hydrogens is 336 g/mol. The number of carbonyl (C=O) groups excluding carboxylic acids is 1. The first-order valence-electron chi connectivity index (χ1n) is 7.16. The van der Waals surface area contributed by atoms with E-state index in [9.17, 15) is 14.9 Å². The zero-order valence-electron chi connectivity index (χ0n) is 12.1. The van der Waals surface area contributed by atoms with Gasteiger partial charge in [0.05, 0.1) is 22.5 Å². The van der Waals surface area contributed by atoms with E-state index in [1.54, 1.807) is 23.1 Å². The standard InChI is InChI=1S/C15H14N2O4S2/c18-14-13(8-10-3-1-4-11(7-10)17(19)20)23-15(22)16(14)9-12-5-2-6-21-12/h1,3-4,7-8,12H,2,5-6,9H2/b13-8-/t12-/m1/s1. The first-order valence-corrected chi connectivity index (χ1v) is 8.38. The van der Waals surface area contributed by atoms with Crippen molar-refractivity contribution in [2.24, 2.45) is 0 Å². The molecule has 0 unspecified atom stereocenters. The lowest BCUT2D eigenvalue weighted by Gasteiger charge is -2.18. The van der Waals surface area contributed by atoms with E-state index in [0.717, 1.165) is 19.4 Å². The summed E-state index contributed by atoms with van der Waals surface area (Å²) in [6.07, 6.45) is 3.61. The van der Waals surface area contributed by atoms with Gasteiger partial charge in [0.1, 0.15) is 4.32 Å². The molecule has 2 fully saturated rings. The number of carbonyl (C=O) groups is 1. The molecule has 0 radical (unpaired) electrons. The van der Waals surface area contributed by atoms with Gasteiger partial charge in [-0.05, 0) is 24.5 Å². The molecule has 0 saturated carbocycles. The minimum absolute atomic E-state index is 0.00594. The van der Waals surface area contributed by atoms with Gasteiger partial charge in [0, 0.05) is 18.7 Å². The molecule has 1 atom stereocenters. The zero-order chi connectivity index (χ0) is 16.4. The highest BCUT2D eigenvalue weighted by atomic mass is 32.2. The number of rotatable bonds is 4. The second kappa shape index (κ2) is 6.77. The number of amides is 1. The summed E-state index contributed by atoms with van der Waals surface area (Å²) >= 11 is 6.49. The van der Waals surface area contributed by atoms with Crippen molar-refractivity contribution in [2.75, 3.05) is 13.2 Å². The third kappa shape index (κ3) is 3.60. The number of nitrogens with zero attached hydrogens (tertiary/aromatic N) is 2. The number of nitro groups is 1. The monoisotopic (exact) mass is 350 g/mol. The number of thiocarbonyl (C=S) groups is 1. The van der Waals surface area contributed by atoms with Crippen molar-refractivity contribution in [2.45, 2.75) is 18.9 Å². The largest absolute Gasteiger partial charge is 0.376 e. The highest BCUT2D eigenvalue weighted by Crippen LogP contribution is 2.33. The number of thioether (sulfide) groups is 1. The molecule has 3 rings (SSSR count). The minimum Gasteiger partial charge on any atom is -0.376 e. The number of hydrogen-bond donors (Lipinski definition) is 0. The predicted molar refractivity (Wildman–Crippen MR) is 91.9 cm³/mol. The van der Waals surface area contributed by atoms with Crippen LogP contribution in [0, 0.1) is 10.1 Å². The lowest BCUT2D eigenvalue weighted by molar-refractivity contribution is -0.384. The van der Waals surface area contributed by atoms with Crippen LogP contribution < -0.4 is 0 Å². The topological polar surface area (TPSA) is 72.7 Å². The minimum atomic E-state index is -0.458.